The predicted octanol–water partition coefficient (Wildman–Crippen LogP) is 3.78. The summed E-state index contributed by atoms with van der Waals surface area (Å²) in [5, 5.41) is 20.0. The summed E-state index contributed by atoms with van der Waals surface area (Å²) >= 11 is 1.23. The van der Waals surface area contributed by atoms with Crippen molar-refractivity contribution in [2.45, 2.75) is 19.9 Å². The second-order valence-electron chi connectivity index (χ2n) is 6.55. The number of anilines is 1. The summed E-state index contributed by atoms with van der Waals surface area (Å²) in [4.78, 5) is 27.1. The van der Waals surface area contributed by atoms with E-state index in [0.717, 1.165) is 11.1 Å². The smallest absolute Gasteiger partial charge is 0.301 e. The Morgan fingerprint density at radius 1 is 1.00 bits per heavy atom. The molecule has 0 radical (unpaired) electrons. The molecule has 140 valence electrons. The zero-order valence-electron chi connectivity index (χ0n) is 15.3. The second kappa shape index (κ2) is 7.01. The Labute approximate surface area is 165 Å². The van der Waals surface area contributed by atoms with Crippen molar-refractivity contribution in [1.29, 1.82) is 0 Å². The number of Topliss-reactive ketones (excluding diaryl/α,β-unsaturated/α-hetero) is 1. The van der Waals surface area contributed by atoms with Crippen LogP contribution in [0.1, 0.15) is 27.7 Å². The maximum absolute atomic E-state index is 12.9. The van der Waals surface area contributed by atoms with Gasteiger partial charge in [0.2, 0.25) is 5.13 Å². The van der Waals surface area contributed by atoms with Crippen molar-refractivity contribution in [2.24, 2.45) is 0 Å². The van der Waals surface area contributed by atoms with Gasteiger partial charge in [-0.15, -0.1) is 10.2 Å². The van der Waals surface area contributed by atoms with Crippen molar-refractivity contribution >= 4 is 33.9 Å². The van der Waals surface area contributed by atoms with Crippen molar-refractivity contribution in [3.05, 3.63) is 81.9 Å². The van der Waals surface area contributed by atoms with Gasteiger partial charge in [-0.05, 0) is 19.4 Å². The Morgan fingerprint density at radius 3 is 2.29 bits per heavy atom. The monoisotopic (exact) mass is 391 g/mol. The van der Waals surface area contributed by atoms with Crippen LogP contribution in [0.2, 0.25) is 0 Å². The minimum absolute atomic E-state index is 0.0490. The molecule has 1 unspecified atom stereocenters. The minimum Gasteiger partial charge on any atom is -0.507 e. The van der Waals surface area contributed by atoms with Gasteiger partial charge in [0.05, 0.1) is 11.6 Å². The Kier molecular flexibility index (Phi) is 4.52. The summed E-state index contributed by atoms with van der Waals surface area (Å²) in [6.45, 7) is 3.74. The number of nitrogens with zero attached hydrogens (tertiary/aromatic N) is 3. The van der Waals surface area contributed by atoms with Crippen molar-refractivity contribution in [2.75, 3.05) is 4.90 Å². The first-order chi connectivity index (χ1) is 13.5. The zero-order valence-corrected chi connectivity index (χ0v) is 16.1. The summed E-state index contributed by atoms with van der Waals surface area (Å²) in [5.74, 6) is -1.66. The molecule has 6 nitrogen and oxygen atoms in total. The van der Waals surface area contributed by atoms with E-state index in [4.69, 9.17) is 0 Å². The highest BCUT2D eigenvalue weighted by molar-refractivity contribution is 7.15. The van der Waals surface area contributed by atoms with Crippen LogP contribution in [0.15, 0.2) is 60.2 Å². The number of amides is 1. The van der Waals surface area contributed by atoms with Gasteiger partial charge in [0.1, 0.15) is 10.8 Å². The van der Waals surface area contributed by atoms with E-state index in [-0.39, 0.29) is 11.3 Å². The molecule has 1 aliphatic heterocycles. The molecule has 1 atom stereocenters. The van der Waals surface area contributed by atoms with Gasteiger partial charge in [-0.3, -0.25) is 14.5 Å². The van der Waals surface area contributed by atoms with Crippen LogP contribution in [0.4, 0.5) is 5.13 Å². The molecule has 0 spiro atoms. The van der Waals surface area contributed by atoms with Crippen LogP contribution in [-0.4, -0.2) is 27.0 Å². The largest absolute Gasteiger partial charge is 0.507 e. The molecular weight excluding hydrogens is 374 g/mol. The highest BCUT2D eigenvalue weighted by atomic mass is 32.1. The van der Waals surface area contributed by atoms with Gasteiger partial charge >= 0.3 is 5.91 Å². The normalized spacial score (nSPS) is 18.6. The maximum atomic E-state index is 12.9. The molecule has 3 aromatic rings. The third-order valence-corrected chi connectivity index (χ3v) is 5.44. The van der Waals surface area contributed by atoms with Gasteiger partial charge in [-0.2, -0.15) is 0 Å². The number of carbonyl (C=O) groups excluding carboxylic acids is 2. The molecule has 1 aromatic heterocycles. The van der Waals surface area contributed by atoms with Crippen molar-refractivity contribution in [1.82, 2.24) is 10.2 Å². The highest BCUT2D eigenvalue weighted by Crippen LogP contribution is 2.42. The average molecular weight is 391 g/mol. The number of aliphatic hydroxyl groups excluding tert-OH is 1. The SMILES string of the molecule is Cc1ccc(C2/C(=C(/O)c3ccccc3)C(=O)C(=O)N2c2nnc(C)s2)cc1. The number of carbonyl (C=O) groups is 2. The number of hydrogen-bond acceptors (Lipinski definition) is 6. The van der Waals surface area contributed by atoms with Gasteiger partial charge < -0.3 is 5.11 Å². The van der Waals surface area contributed by atoms with E-state index in [1.54, 1.807) is 31.2 Å². The molecule has 7 heteroatoms. The molecule has 0 saturated carbocycles. The number of aryl methyl sites for hydroxylation is 2. The van der Waals surface area contributed by atoms with Gasteiger partial charge in [0.25, 0.3) is 5.78 Å². The lowest BCUT2D eigenvalue weighted by molar-refractivity contribution is -0.132. The van der Waals surface area contributed by atoms with E-state index >= 15 is 0 Å². The quantitative estimate of drug-likeness (QED) is 0.417. The summed E-state index contributed by atoms with van der Waals surface area (Å²) in [6, 6.07) is 15.5. The third kappa shape index (κ3) is 2.99. The molecule has 4 rings (SSSR count). The van der Waals surface area contributed by atoms with E-state index < -0.39 is 17.7 Å². The van der Waals surface area contributed by atoms with Gasteiger partial charge in [-0.1, -0.05) is 71.5 Å². The fraction of sp³-hybridized carbons (Fsp3) is 0.143. The van der Waals surface area contributed by atoms with Crippen LogP contribution in [0, 0.1) is 13.8 Å². The standard InChI is InChI=1S/C21H17N3O3S/c1-12-8-10-14(11-9-12)17-16(18(25)15-6-4-3-5-7-15)19(26)20(27)24(17)21-23-22-13(2)28-21/h3-11,17,25H,1-2H3/b18-16-. The van der Waals surface area contributed by atoms with E-state index in [0.29, 0.717) is 15.7 Å². The molecule has 1 aliphatic rings. The lowest BCUT2D eigenvalue weighted by atomic mass is 9.95. The Bertz CT molecular complexity index is 1090. The predicted molar refractivity (Wildman–Crippen MR) is 107 cm³/mol. The lowest BCUT2D eigenvalue weighted by Crippen LogP contribution is -2.29. The summed E-state index contributed by atoms with van der Waals surface area (Å²) in [6.07, 6.45) is 0. The lowest BCUT2D eigenvalue weighted by Gasteiger charge is -2.22. The summed E-state index contributed by atoms with van der Waals surface area (Å²) in [5.41, 5.74) is 2.30. The zero-order chi connectivity index (χ0) is 19.8. The van der Waals surface area contributed by atoms with Gasteiger partial charge in [0, 0.05) is 5.56 Å². The van der Waals surface area contributed by atoms with Crippen LogP contribution in [0.25, 0.3) is 5.76 Å². The fourth-order valence-corrected chi connectivity index (χ4v) is 3.94. The molecule has 1 N–H and O–H groups in total. The first-order valence-corrected chi connectivity index (χ1v) is 9.52. The van der Waals surface area contributed by atoms with Crippen LogP contribution < -0.4 is 4.90 Å². The first kappa shape index (κ1) is 18.1. The van der Waals surface area contributed by atoms with Crippen molar-refractivity contribution in [3.8, 4) is 0 Å². The molecule has 28 heavy (non-hydrogen) atoms. The van der Waals surface area contributed by atoms with E-state index in [1.807, 2.05) is 37.3 Å². The van der Waals surface area contributed by atoms with Gasteiger partial charge in [-0.25, -0.2) is 0 Å². The van der Waals surface area contributed by atoms with Gasteiger partial charge in [0.15, 0.2) is 0 Å². The summed E-state index contributed by atoms with van der Waals surface area (Å²) < 4.78 is 0. The van der Waals surface area contributed by atoms with Crippen LogP contribution in [-0.2, 0) is 9.59 Å². The number of aromatic nitrogens is 2. The molecule has 2 aromatic carbocycles. The minimum atomic E-state index is -0.770. The number of ketones is 1. The topological polar surface area (TPSA) is 83.4 Å². The molecular formula is C21H17N3O3S. The number of benzene rings is 2. The molecule has 2 heterocycles. The van der Waals surface area contributed by atoms with E-state index in [2.05, 4.69) is 10.2 Å². The Morgan fingerprint density at radius 2 is 1.68 bits per heavy atom. The second-order valence-corrected chi connectivity index (χ2v) is 7.71. The molecule has 0 bridgehead atoms. The molecule has 0 aliphatic carbocycles. The van der Waals surface area contributed by atoms with Crippen LogP contribution >= 0.6 is 11.3 Å². The number of hydrogen-bond donors (Lipinski definition) is 1. The number of aliphatic hydroxyl groups is 1. The molecule has 1 saturated heterocycles. The summed E-state index contributed by atoms with van der Waals surface area (Å²) in [7, 11) is 0. The average Bonchev–Trinajstić information content (AvgIpc) is 3.24. The van der Waals surface area contributed by atoms with Crippen molar-refractivity contribution in [3.63, 3.8) is 0 Å². The van der Waals surface area contributed by atoms with E-state index in [1.165, 1.54) is 16.2 Å². The molecule has 1 fully saturated rings. The Hall–Kier alpha value is -3.32. The maximum Gasteiger partial charge on any atom is 0.301 e. The third-order valence-electron chi connectivity index (χ3n) is 4.61. The van der Waals surface area contributed by atoms with E-state index in [9.17, 15) is 14.7 Å². The number of rotatable bonds is 3. The molecule has 1 amide bonds. The van der Waals surface area contributed by atoms with Crippen molar-refractivity contribution < 1.29 is 14.7 Å². The fourth-order valence-electron chi connectivity index (χ4n) is 3.23. The first-order valence-electron chi connectivity index (χ1n) is 8.70. The van der Waals surface area contributed by atoms with Crippen LogP contribution in [0.3, 0.4) is 0 Å². The van der Waals surface area contributed by atoms with Crippen LogP contribution in [0.5, 0.6) is 0 Å². The Balaban J connectivity index is 1.94. The highest BCUT2D eigenvalue weighted by Gasteiger charge is 2.48.